The normalized spacial score (nSPS) is 9.65. The van der Waals surface area contributed by atoms with Crippen LogP contribution in [0.3, 0.4) is 0 Å². The molecular formula is C13H12N4. The zero-order valence-corrected chi connectivity index (χ0v) is 9.51. The second kappa shape index (κ2) is 5.08. The van der Waals surface area contributed by atoms with Gasteiger partial charge in [-0.1, -0.05) is 0 Å². The van der Waals surface area contributed by atoms with E-state index in [0.29, 0.717) is 12.1 Å². The molecule has 0 aliphatic rings. The molecule has 0 radical (unpaired) electrons. The predicted molar refractivity (Wildman–Crippen MR) is 65.3 cm³/mol. The molecule has 84 valence electrons. The number of nitrogens with zero attached hydrogens (tertiary/aromatic N) is 3. The van der Waals surface area contributed by atoms with Crippen LogP contribution in [0.4, 0.5) is 5.69 Å². The molecule has 2 rings (SSSR count). The highest BCUT2D eigenvalue weighted by Gasteiger charge is 2.02. The van der Waals surface area contributed by atoms with Crippen molar-refractivity contribution in [2.75, 3.05) is 5.32 Å². The fourth-order valence-electron chi connectivity index (χ4n) is 1.51. The Kier molecular flexibility index (Phi) is 3.31. The topological polar surface area (TPSA) is 61.6 Å². The van der Waals surface area contributed by atoms with Gasteiger partial charge in [0.15, 0.2) is 0 Å². The van der Waals surface area contributed by atoms with Crippen molar-refractivity contribution >= 4 is 5.69 Å². The van der Waals surface area contributed by atoms with Gasteiger partial charge >= 0.3 is 0 Å². The molecule has 2 aromatic heterocycles. The van der Waals surface area contributed by atoms with Crippen molar-refractivity contribution in [3.63, 3.8) is 0 Å². The molecule has 0 aliphatic carbocycles. The zero-order chi connectivity index (χ0) is 12.1. The molecule has 17 heavy (non-hydrogen) atoms. The zero-order valence-electron chi connectivity index (χ0n) is 9.51. The van der Waals surface area contributed by atoms with Crippen molar-refractivity contribution in [1.82, 2.24) is 9.97 Å². The van der Waals surface area contributed by atoms with Gasteiger partial charge in [-0.25, -0.2) is 0 Å². The smallest absolute Gasteiger partial charge is 0.101 e. The van der Waals surface area contributed by atoms with Gasteiger partial charge in [0, 0.05) is 25.1 Å². The largest absolute Gasteiger partial charge is 0.379 e. The van der Waals surface area contributed by atoms with Crippen LogP contribution in [0.2, 0.25) is 0 Å². The number of nitrogens with one attached hydrogen (secondary N) is 1. The lowest BCUT2D eigenvalue weighted by atomic mass is 10.1. The molecule has 0 saturated heterocycles. The van der Waals surface area contributed by atoms with Crippen molar-refractivity contribution in [2.45, 2.75) is 13.5 Å². The van der Waals surface area contributed by atoms with Crippen LogP contribution in [0.1, 0.15) is 16.7 Å². The summed E-state index contributed by atoms with van der Waals surface area (Å²) in [6.07, 6.45) is 6.86. The van der Waals surface area contributed by atoms with Crippen molar-refractivity contribution < 1.29 is 0 Å². The SMILES string of the molecule is Cc1ccncc1CNc1cnccc1C#N. The minimum Gasteiger partial charge on any atom is -0.379 e. The molecule has 0 saturated carbocycles. The minimum absolute atomic E-state index is 0.599. The van der Waals surface area contributed by atoms with E-state index in [9.17, 15) is 0 Å². The Hall–Kier alpha value is -2.41. The Labute approximate surface area is 100.0 Å². The first-order valence-electron chi connectivity index (χ1n) is 5.28. The monoisotopic (exact) mass is 224 g/mol. The van der Waals surface area contributed by atoms with Gasteiger partial charge in [0.2, 0.25) is 0 Å². The third-order valence-corrected chi connectivity index (χ3v) is 2.56. The number of hydrogen-bond donors (Lipinski definition) is 1. The fraction of sp³-hybridized carbons (Fsp3) is 0.154. The van der Waals surface area contributed by atoms with Gasteiger partial charge in [-0.15, -0.1) is 0 Å². The molecule has 0 spiro atoms. The van der Waals surface area contributed by atoms with Crippen LogP contribution in [0.5, 0.6) is 0 Å². The molecule has 0 aliphatic heterocycles. The molecule has 0 bridgehead atoms. The predicted octanol–water partition coefficient (Wildman–Crippen LogP) is 2.27. The highest BCUT2D eigenvalue weighted by Crippen LogP contribution is 2.14. The molecule has 0 atom stereocenters. The molecule has 2 heterocycles. The standard InChI is InChI=1S/C13H12N4/c1-10-2-4-15-7-12(10)8-17-13-9-16-5-3-11(13)6-14/h2-5,7,9,17H,8H2,1H3. The van der Waals surface area contributed by atoms with Crippen molar-refractivity contribution in [2.24, 2.45) is 0 Å². The summed E-state index contributed by atoms with van der Waals surface area (Å²) in [4.78, 5) is 8.08. The highest BCUT2D eigenvalue weighted by molar-refractivity contribution is 5.55. The third kappa shape index (κ3) is 2.58. The van der Waals surface area contributed by atoms with Crippen LogP contribution < -0.4 is 5.32 Å². The lowest BCUT2D eigenvalue weighted by Crippen LogP contribution is -2.03. The van der Waals surface area contributed by atoms with Gasteiger partial charge < -0.3 is 5.32 Å². The van der Waals surface area contributed by atoms with Gasteiger partial charge in [-0.05, 0) is 30.2 Å². The maximum atomic E-state index is 8.94. The summed E-state index contributed by atoms with van der Waals surface area (Å²) in [5.74, 6) is 0. The summed E-state index contributed by atoms with van der Waals surface area (Å²) in [7, 11) is 0. The van der Waals surface area contributed by atoms with E-state index in [0.717, 1.165) is 11.3 Å². The van der Waals surface area contributed by atoms with E-state index in [1.165, 1.54) is 5.56 Å². The Morgan fingerprint density at radius 3 is 2.76 bits per heavy atom. The molecule has 2 aromatic rings. The maximum absolute atomic E-state index is 8.94. The first-order valence-corrected chi connectivity index (χ1v) is 5.28. The number of rotatable bonds is 3. The van der Waals surface area contributed by atoms with E-state index >= 15 is 0 Å². The lowest BCUT2D eigenvalue weighted by molar-refractivity contribution is 1.07. The fourth-order valence-corrected chi connectivity index (χ4v) is 1.51. The second-order valence-corrected chi connectivity index (χ2v) is 3.69. The van der Waals surface area contributed by atoms with Crippen LogP contribution in [-0.2, 0) is 6.54 Å². The summed E-state index contributed by atoms with van der Waals surface area (Å²) >= 11 is 0. The van der Waals surface area contributed by atoms with E-state index in [1.807, 2.05) is 19.2 Å². The first kappa shape index (κ1) is 11.1. The summed E-state index contributed by atoms with van der Waals surface area (Å²) in [6, 6.07) is 5.78. The van der Waals surface area contributed by atoms with E-state index in [1.54, 1.807) is 24.7 Å². The Bertz CT molecular complexity index is 557. The van der Waals surface area contributed by atoms with E-state index in [2.05, 4.69) is 21.4 Å². The van der Waals surface area contributed by atoms with Crippen LogP contribution in [-0.4, -0.2) is 9.97 Å². The van der Waals surface area contributed by atoms with Crippen molar-refractivity contribution in [1.29, 1.82) is 5.26 Å². The average Bonchev–Trinajstić information content (AvgIpc) is 2.38. The molecule has 1 N–H and O–H groups in total. The summed E-state index contributed by atoms with van der Waals surface area (Å²) < 4.78 is 0. The van der Waals surface area contributed by atoms with Crippen molar-refractivity contribution in [3.8, 4) is 6.07 Å². The average molecular weight is 224 g/mol. The number of hydrogen-bond acceptors (Lipinski definition) is 4. The Morgan fingerprint density at radius 1 is 1.24 bits per heavy atom. The Balaban J connectivity index is 2.13. The molecule has 4 heteroatoms. The minimum atomic E-state index is 0.599. The van der Waals surface area contributed by atoms with Crippen LogP contribution in [0.25, 0.3) is 0 Å². The molecule has 0 aromatic carbocycles. The number of aryl methyl sites for hydroxylation is 1. The van der Waals surface area contributed by atoms with Gasteiger partial charge in [0.25, 0.3) is 0 Å². The van der Waals surface area contributed by atoms with Gasteiger partial charge in [-0.2, -0.15) is 5.26 Å². The number of anilines is 1. The summed E-state index contributed by atoms with van der Waals surface area (Å²) in [5.41, 5.74) is 3.63. The lowest BCUT2D eigenvalue weighted by Gasteiger charge is -2.08. The third-order valence-electron chi connectivity index (χ3n) is 2.56. The second-order valence-electron chi connectivity index (χ2n) is 3.69. The van der Waals surface area contributed by atoms with E-state index < -0.39 is 0 Å². The number of aromatic nitrogens is 2. The number of nitriles is 1. The molecule has 4 nitrogen and oxygen atoms in total. The first-order chi connectivity index (χ1) is 8.31. The summed E-state index contributed by atoms with van der Waals surface area (Å²) in [6.45, 7) is 2.67. The van der Waals surface area contributed by atoms with Crippen LogP contribution in [0, 0.1) is 18.3 Å². The molecular weight excluding hydrogens is 212 g/mol. The van der Waals surface area contributed by atoms with Gasteiger partial charge in [0.05, 0.1) is 17.4 Å². The van der Waals surface area contributed by atoms with E-state index in [4.69, 9.17) is 5.26 Å². The van der Waals surface area contributed by atoms with E-state index in [-0.39, 0.29) is 0 Å². The van der Waals surface area contributed by atoms with Crippen molar-refractivity contribution in [3.05, 3.63) is 53.6 Å². The van der Waals surface area contributed by atoms with Gasteiger partial charge in [-0.3, -0.25) is 9.97 Å². The van der Waals surface area contributed by atoms with Crippen LogP contribution in [0.15, 0.2) is 36.9 Å². The summed E-state index contributed by atoms with van der Waals surface area (Å²) in [5, 5.41) is 12.1. The molecule has 0 unspecified atom stereocenters. The molecule has 0 amide bonds. The number of pyridine rings is 2. The Morgan fingerprint density at radius 2 is 2.00 bits per heavy atom. The highest BCUT2D eigenvalue weighted by atomic mass is 14.9. The quantitative estimate of drug-likeness (QED) is 0.868. The van der Waals surface area contributed by atoms with Crippen LogP contribution >= 0.6 is 0 Å². The maximum Gasteiger partial charge on any atom is 0.101 e. The molecule has 0 fully saturated rings. The van der Waals surface area contributed by atoms with Gasteiger partial charge in [0.1, 0.15) is 6.07 Å².